The molecule has 2 aromatic rings. The van der Waals surface area contributed by atoms with Gasteiger partial charge in [0.15, 0.2) is 17.2 Å². The molecular weight excluding hydrogens is 300 g/mol. The summed E-state index contributed by atoms with van der Waals surface area (Å²) < 4.78 is 0. The van der Waals surface area contributed by atoms with Crippen LogP contribution in [0.1, 0.15) is 0 Å². The van der Waals surface area contributed by atoms with Crippen LogP contribution in [0.3, 0.4) is 0 Å². The Bertz CT molecular complexity index is 682. The van der Waals surface area contributed by atoms with Crippen molar-refractivity contribution in [2.45, 2.75) is 0 Å². The van der Waals surface area contributed by atoms with Crippen LogP contribution in [0, 0.1) is 0 Å². The Kier molecular flexibility index (Phi) is 3.95. The van der Waals surface area contributed by atoms with Gasteiger partial charge in [0.2, 0.25) is 0 Å². The standard InChI is InChI=1S/C13H11ClN2O5/c14-6-1-2-9(17)8(3-6)16-13(21)15-7-4-10(18)12(20)11(19)5-7/h1-5,17-20H,(H2,15,16,21). The van der Waals surface area contributed by atoms with Crippen molar-refractivity contribution in [3.05, 3.63) is 35.4 Å². The minimum atomic E-state index is -0.739. The van der Waals surface area contributed by atoms with E-state index < -0.39 is 23.3 Å². The number of halogens is 1. The molecule has 21 heavy (non-hydrogen) atoms. The quantitative estimate of drug-likeness (QED) is 0.376. The molecule has 0 saturated carbocycles. The number of amides is 2. The van der Waals surface area contributed by atoms with Gasteiger partial charge in [0.1, 0.15) is 5.75 Å². The van der Waals surface area contributed by atoms with Crippen molar-refractivity contribution in [1.29, 1.82) is 0 Å². The number of hydrogen-bond acceptors (Lipinski definition) is 5. The first-order valence-electron chi connectivity index (χ1n) is 5.68. The van der Waals surface area contributed by atoms with Gasteiger partial charge >= 0.3 is 6.03 Å². The third kappa shape index (κ3) is 3.40. The molecule has 8 heteroatoms. The molecule has 0 saturated heterocycles. The van der Waals surface area contributed by atoms with Crippen molar-refractivity contribution < 1.29 is 25.2 Å². The zero-order valence-electron chi connectivity index (χ0n) is 10.5. The van der Waals surface area contributed by atoms with Gasteiger partial charge in [0.25, 0.3) is 0 Å². The summed E-state index contributed by atoms with van der Waals surface area (Å²) in [5.41, 5.74) is 0.133. The smallest absolute Gasteiger partial charge is 0.323 e. The van der Waals surface area contributed by atoms with E-state index >= 15 is 0 Å². The van der Waals surface area contributed by atoms with Crippen LogP contribution in [0.5, 0.6) is 23.0 Å². The van der Waals surface area contributed by atoms with E-state index in [2.05, 4.69) is 10.6 Å². The van der Waals surface area contributed by atoms with Crippen LogP contribution in [0.2, 0.25) is 5.02 Å². The molecule has 2 aromatic carbocycles. The molecule has 0 bridgehead atoms. The number of benzene rings is 2. The number of carbonyl (C=O) groups is 1. The van der Waals surface area contributed by atoms with Crippen molar-refractivity contribution in [1.82, 2.24) is 0 Å². The predicted molar refractivity (Wildman–Crippen MR) is 77.2 cm³/mol. The molecular formula is C13H11ClN2O5. The van der Waals surface area contributed by atoms with Gasteiger partial charge in [0, 0.05) is 17.2 Å². The number of phenols is 4. The fourth-order valence-corrected chi connectivity index (χ4v) is 1.74. The largest absolute Gasteiger partial charge is 0.506 e. The van der Waals surface area contributed by atoms with E-state index in [0.29, 0.717) is 5.02 Å². The average molecular weight is 311 g/mol. The van der Waals surface area contributed by atoms with Gasteiger partial charge in [-0.15, -0.1) is 0 Å². The summed E-state index contributed by atoms with van der Waals surface area (Å²) in [4.78, 5) is 11.8. The number of nitrogens with one attached hydrogen (secondary N) is 2. The number of carbonyl (C=O) groups excluding carboxylic acids is 1. The molecule has 0 unspecified atom stereocenters. The SMILES string of the molecule is O=C(Nc1cc(O)c(O)c(O)c1)Nc1cc(Cl)ccc1O. The second-order valence-corrected chi connectivity index (χ2v) is 4.54. The molecule has 0 radical (unpaired) electrons. The normalized spacial score (nSPS) is 10.1. The monoisotopic (exact) mass is 310 g/mol. The van der Waals surface area contributed by atoms with Crippen LogP contribution in [0.4, 0.5) is 16.2 Å². The van der Waals surface area contributed by atoms with Gasteiger partial charge in [-0.25, -0.2) is 4.79 Å². The maximum Gasteiger partial charge on any atom is 0.323 e. The topological polar surface area (TPSA) is 122 Å². The highest BCUT2D eigenvalue weighted by Gasteiger charge is 2.11. The van der Waals surface area contributed by atoms with E-state index in [0.717, 1.165) is 12.1 Å². The fraction of sp³-hybridized carbons (Fsp3) is 0. The number of aromatic hydroxyl groups is 4. The first-order valence-corrected chi connectivity index (χ1v) is 6.06. The molecule has 0 aliphatic rings. The first-order chi connectivity index (χ1) is 9.86. The van der Waals surface area contributed by atoms with Crippen LogP contribution in [0.25, 0.3) is 0 Å². The molecule has 0 spiro atoms. The van der Waals surface area contributed by atoms with E-state index in [-0.39, 0.29) is 17.1 Å². The lowest BCUT2D eigenvalue weighted by atomic mass is 10.2. The number of phenolic OH excluding ortho intramolecular Hbond substituents is 4. The highest BCUT2D eigenvalue weighted by Crippen LogP contribution is 2.37. The molecule has 6 N–H and O–H groups in total. The molecule has 0 aliphatic carbocycles. The van der Waals surface area contributed by atoms with Crippen molar-refractivity contribution in [2.75, 3.05) is 10.6 Å². The van der Waals surface area contributed by atoms with E-state index in [1.807, 2.05) is 0 Å². The van der Waals surface area contributed by atoms with Crippen LogP contribution in [-0.4, -0.2) is 26.5 Å². The maximum absolute atomic E-state index is 11.8. The second-order valence-electron chi connectivity index (χ2n) is 4.10. The van der Waals surface area contributed by atoms with Crippen LogP contribution in [0.15, 0.2) is 30.3 Å². The summed E-state index contributed by atoms with van der Waals surface area (Å²) in [6, 6.07) is 5.48. The Hall–Kier alpha value is -2.80. The van der Waals surface area contributed by atoms with Crippen molar-refractivity contribution in [3.63, 3.8) is 0 Å². The Balaban J connectivity index is 2.13. The van der Waals surface area contributed by atoms with Crippen molar-refractivity contribution in [3.8, 4) is 23.0 Å². The molecule has 0 aliphatic heterocycles. The van der Waals surface area contributed by atoms with Gasteiger partial charge in [-0.1, -0.05) is 11.6 Å². The van der Waals surface area contributed by atoms with E-state index in [9.17, 15) is 25.2 Å². The molecule has 0 aromatic heterocycles. The molecule has 2 amide bonds. The number of urea groups is 1. The Morgan fingerprint density at radius 3 is 2.14 bits per heavy atom. The number of anilines is 2. The third-order valence-corrected chi connectivity index (χ3v) is 2.77. The zero-order valence-corrected chi connectivity index (χ0v) is 11.2. The highest BCUT2D eigenvalue weighted by molar-refractivity contribution is 6.31. The van der Waals surface area contributed by atoms with Crippen LogP contribution >= 0.6 is 11.6 Å². The van der Waals surface area contributed by atoms with Crippen molar-refractivity contribution in [2.24, 2.45) is 0 Å². The Morgan fingerprint density at radius 1 is 0.905 bits per heavy atom. The van der Waals surface area contributed by atoms with Gasteiger partial charge in [-0.05, 0) is 18.2 Å². The Labute approximate surface area is 124 Å². The van der Waals surface area contributed by atoms with Gasteiger partial charge in [-0.2, -0.15) is 0 Å². The lowest BCUT2D eigenvalue weighted by molar-refractivity contribution is 0.262. The van der Waals surface area contributed by atoms with Gasteiger partial charge in [-0.3, -0.25) is 0 Å². The van der Waals surface area contributed by atoms with Gasteiger partial charge < -0.3 is 31.1 Å². The van der Waals surface area contributed by atoms with E-state index in [1.54, 1.807) is 0 Å². The molecule has 7 nitrogen and oxygen atoms in total. The predicted octanol–water partition coefficient (Wildman–Crippen LogP) is 2.81. The third-order valence-electron chi connectivity index (χ3n) is 2.53. The van der Waals surface area contributed by atoms with Crippen LogP contribution < -0.4 is 10.6 Å². The molecule has 2 rings (SSSR count). The summed E-state index contributed by atoms with van der Waals surface area (Å²) in [7, 11) is 0. The lowest BCUT2D eigenvalue weighted by Gasteiger charge is -2.10. The summed E-state index contributed by atoms with van der Waals surface area (Å²) in [6.45, 7) is 0. The second kappa shape index (κ2) is 5.68. The highest BCUT2D eigenvalue weighted by atomic mass is 35.5. The maximum atomic E-state index is 11.8. The fourth-order valence-electron chi connectivity index (χ4n) is 1.57. The Morgan fingerprint density at radius 2 is 1.52 bits per heavy atom. The zero-order chi connectivity index (χ0) is 15.6. The van der Waals surface area contributed by atoms with E-state index in [1.165, 1.54) is 18.2 Å². The number of rotatable bonds is 2. The average Bonchev–Trinajstić information content (AvgIpc) is 2.40. The van der Waals surface area contributed by atoms with E-state index in [4.69, 9.17) is 11.6 Å². The summed E-state index contributed by atoms with van der Waals surface area (Å²) in [6.07, 6.45) is 0. The number of hydrogen-bond donors (Lipinski definition) is 6. The van der Waals surface area contributed by atoms with Crippen molar-refractivity contribution >= 4 is 29.0 Å². The van der Waals surface area contributed by atoms with Crippen LogP contribution in [-0.2, 0) is 0 Å². The first kappa shape index (κ1) is 14.6. The molecule has 110 valence electrons. The summed E-state index contributed by atoms with van der Waals surface area (Å²) in [5.74, 6) is -2.04. The minimum Gasteiger partial charge on any atom is -0.506 e. The summed E-state index contributed by atoms with van der Waals surface area (Å²) >= 11 is 5.74. The lowest BCUT2D eigenvalue weighted by Crippen LogP contribution is -2.19. The molecule has 0 atom stereocenters. The summed E-state index contributed by atoms with van der Waals surface area (Å²) in [5, 5.41) is 42.4. The van der Waals surface area contributed by atoms with Gasteiger partial charge in [0.05, 0.1) is 11.4 Å². The molecule has 0 fully saturated rings. The minimum absolute atomic E-state index is 0.0433. The molecule has 0 heterocycles.